The van der Waals surface area contributed by atoms with E-state index in [0.717, 1.165) is 30.3 Å². The summed E-state index contributed by atoms with van der Waals surface area (Å²) in [5.41, 5.74) is 1.39. The molecule has 0 aliphatic carbocycles. The lowest BCUT2D eigenvalue weighted by atomic mass is 10.1. The van der Waals surface area contributed by atoms with E-state index in [1.165, 1.54) is 18.3 Å². The highest BCUT2D eigenvalue weighted by Gasteiger charge is 2.35. The number of carbonyl (C=O) groups is 1. The Morgan fingerprint density at radius 1 is 1.31 bits per heavy atom. The van der Waals surface area contributed by atoms with E-state index >= 15 is 0 Å². The summed E-state index contributed by atoms with van der Waals surface area (Å²) in [4.78, 5) is 19.0. The van der Waals surface area contributed by atoms with Crippen LogP contribution in [0, 0.1) is 0 Å². The maximum atomic E-state index is 13.3. The SMILES string of the molecule is CCCOc1ccc(C(=O)Nc2cnc3c(c2)CN(C)CC3)cc1C(F)(F)F.Cl. The van der Waals surface area contributed by atoms with E-state index in [9.17, 15) is 18.0 Å². The number of benzene rings is 1. The molecular formula is C20H23ClF3N3O2. The number of rotatable bonds is 5. The number of hydrogen-bond acceptors (Lipinski definition) is 4. The van der Waals surface area contributed by atoms with Gasteiger partial charge in [0.15, 0.2) is 0 Å². The van der Waals surface area contributed by atoms with Gasteiger partial charge in [-0.05, 0) is 43.3 Å². The number of likely N-dealkylation sites (N-methyl/N-ethyl adjacent to an activating group) is 1. The number of nitrogens with zero attached hydrogens (tertiary/aromatic N) is 2. The number of fused-ring (bicyclic) bond motifs is 1. The quantitative estimate of drug-likeness (QED) is 0.757. The predicted molar refractivity (Wildman–Crippen MR) is 107 cm³/mol. The fourth-order valence-corrected chi connectivity index (χ4v) is 3.07. The number of nitrogens with one attached hydrogen (secondary N) is 1. The van der Waals surface area contributed by atoms with Crippen LogP contribution in [0.15, 0.2) is 30.5 Å². The summed E-state index contributed by atoms with van der Waals surface area (Å²) in [5, 5.41) is 2.64. The van der Waals surface area contributed by atoms with Crippen LogP contribution in [0.5, 0.6) is 5.75 Å². The van der Waals surface area contributed by atoms with Crippen molar-refractivity contribution in [3.63, 3.8) is 0 Å². The van der Waals surface area contributed by atoms with Gasteiger partial charge in [-0.3, -0.25) is 9.78 Å². The molecule has 158 valence electrons. The van der Waals surface area contributed by atoms with Gasteiger partial charge in [0.25, 0.3) is 5.91 Å². The number of carbonyl (C=O) groups excluding carboxylic acids is 1. The number of anilines is 1. The molecule has 9 heteroatoms. The highest BCUT2D eigenvalue weighted by Crippen LogP contribution is 2.37. The maximum Gasteiger partial charge on any atom is 0.419 e. The van der Waals surface area contributed by atoms with Crippen LogP contribution in [0.4, 0.5) is 18.9 Å². The number of amides is 1. The van der Waals surface area contributed by atoms with Crippen LogP contribution >= 0.6 is 12.4 Å². The fourth-order valence-electron chi connectivity index (χ4n) is 3.07. The number of halogens is 4. The van der Waals surface area contributed by atoms with Crippen molar-refractivity contribution in [2.75, 3.05) is 25.5 Å². The van der Waals surface area contributed by atoms with E-state index in [1.807, 2.05) is 13.1 Å². The molecule has 0 radical (unpaired) electrons. The van der Waals surface area contributed by atoms with Gasteiger partial charge in [-0.15, -0.1) is 12.4 Å². The van der Waals surface area contributed by atoms with Crippen LogP contribution in [0.3, 0.4) is 0 Å². The third kappa shape index (κ3) is 5.61. The van der Waals surface area contributed by atoms with Gasteiger partial charge in [0.2, 0.25) is 0 Å². The summed E-state index contributed by atoms with van der Waals surface area (Å²) in [6.07, 6.45) is -1.67. The molecule has 0 fully saturated rings. The summed E-state index contributed by atoms with van der Waals surface area (Å²) in [5.74, 6) is -0.900. The molecule has 1 aliphatic heterocycles. The first-order valence-corrected chi connectivity index (χ1v) is 9.09. The molecule has 5 nitrogen and oxygen atoms in total. The summed E-state index contributed by atoms with van der Waals surface area (Å²) in [7, 11) is 2.00. The van der Waals surface area contributed by atoms with Crippen LogP contribution in [0.1, 0.15) is 40.5 Å². The second kappa shape index (κ2) is 9.45. The predicted octanol–water partition coefficient (Wildman–Crippen LogP) is 4.55. The molecule has 0 unspecified atom stereocenters. The van der Waals surface area contributed by atoms with Gasteiger partial charge in [-0.2, -0.15) is 13.2 Å². The zero-order valence-electron chi connectivity index (χ0n) is 16.2. The second-order valence-electron chi connectivity index (χ2n) is 6.83. The molecule has 2 heterocycles. The average molecular weight is 430 g/mol. The molecule has 1 aromatic heterocycles. The largest absolute Gasteiger partial charge is 0.493 e. The van der Waals surface area contributed by atoms with Crippen molar-refractivity contribution in [3.05, 3.63) is 52.8 Å². The first-order valence-electron chi connectivity index (χ1n) is 9.09. The van der Waals surface area contributed by atoms with E-state index in [1.54, 1.807) is 6.92 Å². The van der Waals surface area contributed by atoms with E-state index in [-0.39, 0.29) is 30.3 Å². The smallest absolute Gasteiger partial charge is 0.419 e. The van der Waals surface area contributed by atoms with Crippen molar-refractivity contribution in [3.8, 4) is 5.75 Å². The third-order valence-electron chi connectivity index (χ3n) is 4.50. The number of ether oxygens (including phenoxy) is 1. The molecule has 1 amide bonds. The Morgan fingerprint density at radius 3 is 2.76 bits per heavy atom. The summed E-state index contributed by atoms with van der Waals surface area (Å²) >= 11 is 0. The molecular weight excluding hydrogens is 407 g/mol. The van der Waals surface area contributed by atoms with Gasteiger partial charge in [0, 0.05) is 30.8 Å². The Bertz CT molecular complexity index is 875. The van der Waals surface area contributed by atoms with Crippen molar-refractivity contribution >= 4 is 24.0 Å². The Balaban J connectivity index is 0.00000300. The highest BCUT2D eigenvalue weighted by molar-refractivity contribution is 6.04. The van der Waals surface area contributed by atoms with Gasteiger partial charge in [-0.1, -0.05) is 6.92 Å². The first kappa shape index (κ1) is 23.0. The number of aromatic nitrogens is 1. The molecule has 1 aliphatic rings. The standard InChI is InChI=1S/C20H22F3N3O2.ClH/c1-3-8-28-18-5-4-13(10-16(18)20(21,22)23)19(27)25-15-9-14-12-26(2)7-6-17(14)24-11-15;/h4-5,9-11H,3,6-8,12H2,1-2H3,(H,25,27);1H. The Kier molecular flexibility index (Phi) is 7.48. The summed E-state index contributed by atoms with van der Waals surface area (Å²) in [6.45, 7) is 3.61. The highest BCUT2D eigenvalue weighted by atomic mass is 35.5. The molecule has 0 saturated heterocycles. The number of pyridine rings is 1. The number of alkyl halides is 3. The molecule has 29 heavy (non-hydrogen) atoms. The summed E-state index contributed by atoms with van der Waals surface area (Å²) < 4.78 is 45.2. The van der Waals surface area contributed by atoms with Crippen LogP contribution < -0.4 is 10.1 Å². The van der Waals surface area contributed by atoms with E-state index < -0.39 is 17.6 Å². The lowest BCUT2D eigenvalue weighted by molar-refractivity contribution is -0.139. The van der Waals surface area contributed by atoms with Gasteiger partial charge in [0.1, 0.15) is 5.75 Å². The minimum atomic E-state index is -4.61. The zero-order valence-corrected chi connectivity index (χ0v) is 17.0. The monoisotopic (exact) mass is 429 g/mol. The number of hydrogen-bond donors (Lipinski definition) is 1. The molecule has 0 bridgehead atoms. The van der Waals surface area contributed by atoms with Crippen molar-refractivity contribution in [2.45, 2.75) is 32.5 Å². The van der Waals surface area contributed by atoms with Gasteiger partial charge >= 0.3 is 6.18 Å². The van der Waals surface area contributed by atoms with E-state index in [2.05, 4.69) is 15.2 Å². The van der Waals surface area contributed by atoms with Crippen LogP contribution in [0.2, 0.25) is 0 Å². The average Bonchev–Trinajstić information content (AvgIpc) is 2.65. The minimum Gasteiger partial charge on any atom is -0.493 e. The van der Waals surface area contributed by atoms with Crippen LogP contribution in [0.25, 0.3) is 0 Å². The Labute approximate surface area is 173 Å². The Morgan fingerprint density at radius 2 is 2.07 bits per heavy atom. The molecule has 3 rings (SSSR count). The molecule has 1 aromatic carbocycles. The zero-order chi connectivity index (χ0) is 20.3. The lowest BCUT2D eigenvalue weighted by Crippen LogP contribution is -2.27. The van der Waals surface area contributed by atoms with Crippen molar-refractivity contribution in [1.29, 1.82) is 0 Å². The van der Waals surface area contributed by atoms with Crippen molar-refractivity contribution in [1.82, 2.24) is 9.88 Å². The normalized spacial score (nSPS) is 14.0. The molecule has 2 aromatic rings. The minimum absolute atomic E-state index is 0. The fraction of sp³-hybridized carbons (Fsp3) is 0.400. The van der Waals surface area contributed by atoms with Gasteiger partial charge < -0.3 is 15.0 Å². The first-order chi connectivity index (χ1) is 13.3. The second-order valence-corrected chi connectivity index (χ2v) is 6.83. The summed E-state index contributed by atoms with van der Waals surface area (Å²) in [6, 6.07) is 5.15. The topological polar surface area (TPSA) is 54.5 Å². The van der Waals surface area contributed by atoms with Crippen molar-refractivity contribution < 1.29 is 22.7 Å². The van der Waals surface area contributed by atoms with Gasteiger partial charge in [0.05, 0.1) is 24.1 Å². The van der Waals surface area contributed by atoms with E-state index in [0.29, 0.717) is 18.7 Å². The third-order valence-corrected chi connectivity index (χ3v) is 4.50. The van der Waals surface area contributed by atoms with Crippen molar-refractivity contribution in [2.24, 2.45) is 0 Å². The van der Waals surface area contributed by atoms with Gasteiger partial charge in [-0.25, -0.2) is 0 Å². The van der Waals surface area contributed by atoms with Crippen LogP contribution in [-0.2, 0) is 19.1 Å². The molecule has 0 saturated carbocycles. The lowest BCUT2D eigenvalue weighted by Gasteiger charge is -2.24. The maximum absolute atomic E-state index is 13.3. The van der Waals surface area contributed by atoms with Crippen LogP contribution in [-0.4, -0.2) is 36.0 Å². The molecule has 0 atom stereocenters. The molecule has 0 spiro atoms. The molecule has 1 N–H and O–H groups in total. The Hall–Kier alpha value is -2.32. The van der Waals surface area contributed by atoms with E-state index in [4.69, 9.17) is 4.74 Å².